The summed E-state index contributed by atoms with van der Waals surface area (Å²) >= 11 is 7.38. The fourth-order valence-corrected chi connectivity index (χ4v) is 3.60. The Morgan fingerprint density at radius 1 is 1.33 bits per heavy atom. The molecule has 110 valence electrons. The van der Waals surface area contributed by atoms with E-state index < -0.39 is 0 Å². The van der Waals surface area contributed by atoms with E-state index in [1.807, 2.05) is 19.1 Å². The molecule has 0 fully saturated rings. The van der Waals surface area contributed by atoms with Crippen LogP contribution in [-0.4, -0.2) is 5.91 Å². The molecule has 5 heteroatoms. The number of hydrogen-bond donors (Lipinski definition) is 2. The van der Waals surface area contributed by atoms with Crippen LogP contribution < -0.4 is 10.6 Å². The zero-order chi connectivity index (χ0) is 14.8. The number of nitrogens with one attached hydrogen (secondary N) is 2. The fourth-order valence-electron chi connectivity index (χ4n) is 2.49. The van der Waals surface area contributed by atoms with Crippen LogP contribution in [0.4, 0.5) is 0 Å². The quantitative estimate of drug-likeness (QED) is 0.906. The van der Waals surface area contributed by atoms with Crippen molar-refractivity contribution in [3.8, 4) is 0 Å². The summed E-state index contributed by atoms with van der Waals surface area (Å²) in [7, 11) is 0. The Bertz CT molecular complexity index is 668. The van der Waals surface area contributed by atoms with Gasteiger partial charge in [-0.3, -0.25) is 4.79 Å². The van der Waals surface area contributed by atoms with Crippen molar-refractivity contribution in [3.05, 3.63) is 56.2 Å². The van der Waals surface area contributed by atoms with E-state index in [2.05, 4.69) is 28.8 Å². The lowest BCUT2D eigenvalue weighted by Crippen LogP contribution is -2.27. The van der Waals surface area contributed by atoms with E-state index in [4.69, 9.17) is 11.6 Å². The van der Waals surface area contributed by atoms with Crippen LogP contribution in [0.25, 0.3) is 0 Å². The summed E-state index contributed by atoms with van der Waals surface area (Å²) in [6, 6.07) is 10.1. The van der Waals surface area contributed by atoms with Crippen molar-refractivity contribution in [2.75, 3.05) is 0 Å². The van der Waals surface area contributed by atoms with Gasteiger partial charge in [-0.15, -0.1) is 11.3 Å². The number of benzene rings is 1. The van der Waals surface area contributed by atoms with Gasteiger partial charge in [-0.25, -0.2) is 0 Å². The van der Waals surface area contributed by atoms with Gasteiger partial charge in [0.2, 0.25) is 5.91 Å². The number of halogens is 1. The normalized spacial score (nSPS) is 14.8. The summed E-state index contributed by atoms with van der Waals surface area (Å²) < 4.78 is 0.718. The summed E-state index contributed by atoms with van der Waals surface area (Å²) in [6.45, 7) is 4.33. The highest BCUT2D eigenvalue weighted by atomic mass is 35.5. The molecule has 0 radical (unpaired) electrons. The number of carbonyl (C=O) groups is 1. The lowest BCUT2D eigenvalue weighted by Gasteiger charge is -2.11. The molecule has 2 heterocycles. The average Bonchev–Trinajstić information content (AvgIpc) is 3.11. The Labute approximate surface area is 133 Å². The first-order valence-electron chi connectivity index (χ1n) is 6.98. The Hall–Kier alpha value is -1.36. The second-order valence-corrected chi connectivity index (χ2v) is 7.03. The number of hydrogen-bond acceptors (Lipinski definition) is 3. The Morgan fingerprint density at radius 3 is 2.90 bits per heavy atom. The van der Waals surface area contributed by atoms with Crippen molar-refractivity contribution >= 4 is 28.8 Å². The number of carbonyl (C=O) groups excluding carboxylic acids is 1. The highest BCUT2D eigenvalue weighted by molar-refractivity contribution is 7.16. The van der Waals surface area contributed by atoms with Crippen LogP contribution in [0.5, 0.6) is 0 Å². The smallest absolute Gasteiger partial charge is 0.228 e. The number of rotatable bonds is 4. The lowest BCUT2D eigenvalue weighted by molar-refractivity contribution is -0.122. The molecule has 1 aliphatic rings. The molecule has 0 saturated carbocycles. The first-order chi connectivity index (χ1) is 10.1. The molecule has 21 heavy (non-hydrogen) atoms. The third-order valence-electron chi connectivity index (χ3n) is 3.78. The van der Waals surface area contributed by atoms with E-state index in [9.17, 15) is 4.79 Å². The minimum absolute atomic E-state index is 0.0344. The predicted octanol–water partition coefficient (Wildman–Crippen LogP) is 3.42. The summed E-state index contributed by atoms with van der Waals surface area (Å²) in [5.41, 5.74) is 3.83. The minimum Gasteiger partial charge on any atom is -0.351 e. The summed E-state index contributed by atoms with van der Waals surface area (Å²) in [6.07, 6.45) is 0. The van der Waals surface area contributed by atoms with Gasteiger partial charge in [-0.2, -0.15) is 0 Å². The third-order valence-corrected chi connectivity index (χ3v) is 5.20. The molecule has 1 aromatic carbocycles. The molecule has 3 rings (SSSR count). The summed E-state index contributed by atoms with van der Waals surface area (Å²) in [5.74, 6) is -0.134. The monoisotopic (exact) mass is 320 g/mol. The second-order valence-electron chi connectivity index (χ2n) is 5.29. The molecule has 1 aliphatic heterocycles. The van der Waals surface area contributed by atoms with Crippen LogP contribution >= 0.6 is 22.9 Å². The van der Waals surface area contributed by atoms with Gasteiger partial charge in [0.25, 0.3) is 0 Å². The number of thiophene rings is 1. The molecule has 1 amide bonds. The van der Waals surface area contributed by atoms with Crippen molar-refractivity contribution in [3.63, 3.8) is 0 Å². The van der Waals surface area contributed by atoms with Gasteiger partial charge in [0.05, 0.1) is 10.3 Å². The molecule has 1 unspecified atom stereocenters. The Kier molecular flexibility index (Phi) is 4.29. The van der Waals surface area contributed by atoms with Crippen LogP contribution in [0, 0.1) is 0 Å². The van der Waals surface area contributed by atoms with Gasteiger partial charge >= 0.3 is 0 Å². The fraction of sp³-hybridized carbons (Fsp3) is 0.312. The van der Waals surface area contributed by atoms with Gasteiger partial charge < -0.3 is 10.6 Å². The van der Waals surface area contributed by atoms with E-state index >= 15 is 0 Å². The number of fused-ring (bicyclic) bond motifs is 1. The predicted molar refractivity (Wildman–Crippen MR) is 86.6 cm³/mol. The molecule has 0 aliphatic carbocycles. The maximum Gasteiger partial charge on any atom is 0.228 e. The molecule has 2 N–H and O–H groups in total. The minimum atomic E-state index is -0.168. The zero-order valence-electron chi connectivity index (χ0n) is 11.8. The molecule has 1 aromatic heterocycles. The standard InChI is InChI=1S/C16H17ClN2OS/c1-10(14-4-5-15(17)21-14)16(20)19-7-11-2-3-12-8-18-9-13(12)6-11/h2-6,10,18H,7-9H2,1H3,(H,19,20). The van der Waals surface area contributed by atoms with Crippen molar-refractivity contribution in [1.29, 1.82) is 0 Å². The molecule has 0 spiro atoms. The highest BCUT2D eigenvalue weighted by Gasteiger charge is 2.17. The van der Waals surface area contributed by atoms with Crippen LogP contribution in [-0.2, 0) is 24.4 Å². The van der Waals surface area contributed by atoms with E-state index in [0.29, 0.717) is 6.54 Å². The Balaban J connectivity index is 1.60. The SMILES string of the molecule is CC(C(=O)NCc1ccc2c(c1)CNC2)c1ccc(Cl)s1. The summed E-state index contributed by atoms with van der Waals surface area (Å²) in [4.78, 5) is 13.2. The molecule has 0 saturated heterocycles. The first-order valence-corrected chi connectivity index (χ1v) is 8.17. The average molecular weight is 321 g/mol. The summed E-state index contributed by atoms with van der Waals surface area (Å²) in [5, 5.41) is 6.33. The van der Waals surface area contributed by atoms with Crippen LogP contribution in [0.1, 0.15) is 34.4 Å². The van der Waals surface area contributed by atoms with E-state index in [-0.39, 0.29) is 11.8 Å². The third kappa shape index (κ3) is 3.28. The van der Waals surface area contributed by atoms with Crippen molar-refractivity contribution < 1.29 is 4.79 Å². The molecule has 1 atom stereocenters. The van der Waals surface area contributed by atoms with E-state index in [1.165, 1.54) is 22.5 Å². The van der Waals surface area contributed by atoms with Crippen molar-refractivity contribution in [2.45, 2.75) is 32.5 Å². The van der Waals surface area contributed by atoms with Crippen LogP contribution in [0.15, 0.2) is 30.3 Å². The topological polar surface area (TPSA) is 41.1 Å². The molecular formula is C16H17ClN2OS. The largest absolute Gasteiger partial charge is 0.351 e. The zero-order valence-corrected chi connectivity index (χ0v) is 13.4. The molecule has 0 bridgehead atoms. The van der Waals surface area contributed by atoms with Gasteiger partial charge in [0, 0.05) is 24.5 Å². The van der Waals surface area contributed by atoms with Crippen LogP contribution in [0.2, 0.25) is 4.34 Å². The van der Waals surface area contributed by atoms with Crippen molar-refractivity contribution in [2.24, 2.45) is 0 Å². The maximum absolute atomic E-state index is 12.2. The van der Waals surface area contributed by atoms with Crippen molar-refractivity contribution in [1.82, 2.24) is 10.6 Å². The number of amides is 1. The first kappa shape index (κ1) is 14.6. The van der Waals surface area contributed by atoms with Gasteiger partial charge in [-0.1, -0.05) is 29.8 Å². The van der Waals surface area contributed by atoms with Gasteiger partial charge in [-0.05, 0) is 35.7 Å². The Morgan fingerprint density at radius 2 is 2.14 bits per heavy atom. The molecule has 3 nitrogen and oxygen atoms in total. The van der Waals surface area contributed by atoms with Gasteiger partial charge in [0.1, 0.15) is 0 Å². The van der Waals surface area contributed by atoms with E-state index in [0.717, 1.165) is 27.9 Å². The van der Waals surface area contributed by atoms with E-state index in [1.54, 1.807) is 0 Å². The molecular weight excluding hydrogens is 304 g/mol. The second kappa shape index (κ2) is 6.18. The van der Waals surface area contributed by atoms with Crippen LogP contribution in [0.3, 0.4) is 0 Å². The maximum atomic E-state index is 12.2. The highest BCUT2D eigenvalue weighted by Crippen LogP contribution is 2.28. The lowest BCUT2D eigenvalue weighted by atomic mass is 10.1. The molecule has 2 aromatic rings. The van der Waals surface area contributed by atoms with Gasteiger partial charge in [0.15, 0.2) is 0 Å².